The molecule has 1 saturated heterocycles. The molecule has 0 aromatic carbocycles. The van der Waals surface area contributed by atoms with Crippen molar-refractivity contribution in [3.8, 4) is 0 Å². The third-order valence-electron chi connectivity index (χ3n) is 10.9. The Morgan fingerprint density at radius 1 is 1.18 bits per heavy atom. The summed E-state index contributed by atoms with van der Waals surface area (Å²) < 4.78 is 22.1. The van der Waals surface area contributed by atoms with Crippen molar-refractivity contribution in [1.29, 1.82) is 0 Å². The van der Waals surface area contributed by atoms with E-state index in [9.17, 15) is 44.7 Å². The van der Waals surface area contributed by atoms with E-state index in [0.29, 0.717) is 4.88 Å². The van der Waals surface area contributed by atoms with Gasteiger partial charge in [-0.2, -0.15) is 0 Å². The van der Waals surface area contributed by atoms with Gasteiger partial charge in [-0.05, 0) is 36.4 Å². The second-order valence-corrected chi connectivity index (χ2v) is 14.8. The zero-order chi connectivity index (χ0) is 35.6. The number of carbonyl (C=O) groups excluding carboxylic acids is 4. The molecule has 5 rings (SSSR count). The molecule has 14 nitrogen and oxygen atoms in total. The van der Waals surface area contributed by atoms with Crippen LogP contribution in [0.25, 0.3) is 0 Å². The number of hydrogen-bond acceptors (Lipinski definition) is 14. The quantitative estimate of drug-likeness (QED) is 0.121. The first-order chi connectivity index (χ1) is 22.4. The summed E-state index contributed by atoms with van der Waals surface area (Å²) in [5, 5.41) is 63.3. The van der Waals surface area contributed by atoms with Crippen LogP contribution in [0.4, 0.5) is 4.79 Å². The maximum absolute atomic E-state index is 14.4. The van der Waals surface area contributed by atoms with E-state index in [0.717, 1.165) is 18.3 Å². The van der Waals surface area contributed by atoms with Crippen LogP contribution < -0.4 is 5.32 Å². The van der Waals surface area contributed by atoms with Gasteiger partial charge in [-0.3, -0.25) is 9.59 Å². The van der Waals surface area contributed by atoms with Crippen LogP contribution in [-0.4, -0.2) is 110 Å². The first-order valence-corrected chi connectivity index (χ1v) is 16.6. The second-order valence-electron chi connectivity index (χ2n) is 13.8. The number of ketones is 1. The van der Waals surface area contributed by atoms with Gasteiger partial charge in [0.05, 0.1) is 24.2 Å². The van der Waals surface area contributed by atoms with E-state index in [2.05, 4.69) is 11.9 Å². The van der Waals surface area contributed by atoms with Crippen LogP contribution in [0, 0.1) is 105 Å². The summed E-state index contributed by atoms with van der Waals surface area (Å²) in [6.45, 7) is 10.1. The number of carbonyl (C=O) groups is 4. The summed E-state index contributed by atoms with van der Waals surface area (Å²) in [6, 6.07) is 1.93. The van der Waals surface area contributed by atoms with Crippen LogP contribution in [0.3, 0.4) is 0 Å². The van der Waals surface area contributed by atoms with Gasteiger partial charge in [-0.1, -0.05) is 32.6 Å². The van der Waals surface area contributed by atoms with Crippen LogP contribution >= 0.6 is 11.3 Å². The van der Waals surface area contributed by atoms with Gasteiger partial charge in [0.15, 0.2) is 11.9 Å². The number of aliphatic hydroxyl groups excluding tert-OH is 3. The Hall–Kier alpha value is -0.297. The zero-order valence-corrected chi connectivity index (χ0v) is 38.8. The molecule has 11 atom stereocenters. The Morgan fingerprint density at radius 3 is 2.38 bits per heavy atom. The Morgan fingerprint density at radius 2 is 1.84 bits per heavy atom. The van der Waals surface area contributed by atoms with E-state index >= 15 is 0 Å². The molecule has 2 heterocycles. The average Bonchev–Trinajstić information content (AvgIpc) is 3.55. The average molecular weight is 1150 g/mol. The second kappa shape index (κ2) is 16.2. The smallest absolute Gasteiger partial charge is 0.408 e. The third kappa shape index (κ3) is 7.14. The van der Waals surface area contributed by atoms with Gasteiger partial charge < -0.3 is 49.8 Å². The Kier molecular flexibility index (Phi) is 14.3. The largest absolute Gasteiger partial charge is 0.459 e. The van der Waals surface area contributed by atoms with Crippen molar-refractivity contribution in [2.45, 2.75) is 101 Å². The number of aliphatic hydroxyl groups is 5. The van der Waals surface area contributed by atoms with Crippen molar-refractivity contribution in [2.24, 2.45) is 16.7 Å². The van der Waals surface area contributed by atoms with Crippen LogP contribution in [0.1, 0.15) is 58.4 Å². The molecule has 1 aromatic heterocycles. The molecule has 0 unspecified atom stereocenters. The van der Waals surface area contributed by atoms with Gasteiger partial charge in [0.25, 0.3) is 0 Å². The molecule has 6 N–H and O–H groups in total. The van der Waals surface area contributed by atoms with Crippen molar-refractivity contribution in [1.82, 2.24) is 5.32 Å². The van der Waals surface area contributed by atoms with Crippen LogP contribution in [0.15, 0.2) is 41.3 Å². The summed E-state index contributed by atoms with van der Waals surface area (Å²) in [5.41, 5.74) is -7.37. The molecule has 0 spiro atoms. The molecule has 50 heavy (non-hydrogen) atoms. The van der Waals surface area contributed by atoms with Crippen molar-refractivity contribution in [3.05, 3.63) is 46.2 Å². The van der Waals surface area contributed by atoms with Gasteiger partial charge in [0.1, 0.15) is 42.2 Å². The molecule has 2 bridgehead atoms. The summed E-state index contributed by atoms with van der Waals surface area (Å²) in [7, 11) is 0. The number of thiophene rings is 1. The molecular weight excluding hydrogens is 1100 g/mol. The zero-order valence-electron chi connectivity index (χ0n) is 28.5. The van der Waals surface area contributed by atoms with E-state index in [1.54, 1.807) is 17.5 Å². The van der Waals surface area contributed by atoms with Crippen LogP contribution in [0.2, 0.25) is 0 Å². The van der Waals surface area contributed by atoms with E-state index < -0.39 is 101 Å². The number of fused-ring (bicyclic) bond motifs is 5. The number of nitrogens with one attached hydrogen (secondary N) is 1. The SMILES string of the molecule is C=CCOC(=O)N[C@@H](c1cccs1)[C@@H](O)C(=O)O[C@H]1C[C@@]2(O)[C@@H](OC(C)=O)[C@@H]3[C@]4(O)CO[C@@H]4C[C@H](O)[C@@]3(C)C(=O)[C@H](O)C(=C1C)C2(C)C.[Ac].[Ac]. The predicted octanol–water partition coefficient (Wildman–Crippen LogP) is 0.844. The van der Waals surface area contributed by atoms with E-state index in [1.165, 1.54) is 33.8 Å². The molecule has 2 radical (unpaired) electrons. The van der Waals surface area contributed by atoms with Crippen LogP contribution in [-0.2, 0) is 33.3 Å². The fourth-order valence-corrected chi connectivity index (χ4v) is 9.03. The number of esters is 2. The van der Waals surface area contributed by atoms with Gasteiger partial charge in [0.2, 0.25) is 0 Å². The van der Waals surface area contributed by atoms with E-state index in [1.807, 2.05) is 0 Å². The number of ether oxygens (including phenoxy) is 4. The number of amides is 1. The van der Waals surface area contributed by atoms with Gasteiger partial charge >= 0.3 is 18.0 Å². The van der Waals surface area contributed by atoms with E-state index in [-0.39, 0.29) is 119 Å². The van der Waals surface area contributed by atoms with Crippen LogP contribution in [0.5, 0.6) is 0 Å². The minimum Gasteiger partial charge on any atom is -0.459 e. The Labute approximate surface area is 365 Å². The topological polar surface area (TPSA) is 218 Å². The van der Waals surface area contributed by atoms with Crippen molar-refractivity contribution < 1.29 is 152 Å². The van der Waals surface area contributed by atoms with Gasteiger partial charge in [-0.15, -0.1) is 11.3 Å². The summed E-state index contributed by atoms with van der Waals surface area (Å²) in [4.78, 5) is 53.5. The molecule has 2 saturated carbocycles. The minimum absolute atomic E-state index is 0. The Balaban J connectivity index is 0.00000338. The number of Topliss-reactive ketones (excluding diaryl/α,β-unsaturated/α-hetero) is 1. The molecule has 1 aliphatic heterocycles. The fourth-order valence-electron chi connectivity index (χ4n) is 8.22. The maximum atomic E-state index is 14.4. The molecule has 270 valence electrons. The molecule has 17 heteroatoms. The first-order valence-electron chi connectivity index (χ1n) is 15.7. The predicted molar refractivity (Wildman–Crippen MR) is 167 cm³/mol. The molecule has 4 aliphatic rings. The third-order valence-corrected chi connectivity index (χ3v) is 11.9. The first kappa shape index (κ1) is 44.1. The summed E-state index contributed by atoms with van der Waals surface area (Å²) in [6.07, 6.45) is -9.60. The van der Waals surface area contributed by atoms with Crippen molar-refractivity contribution in [3.63, 3.8) is 0 Å². The maximum Gasteiger partial charge on any atom is 0.408 e. The minimum atomic E-state index is -2.23. The normalized spacial score (nSPS) is 36.6. The number of rotatable bonds is 8. The summed E-state index contributed by atoms with van der Waals surface area (Å²) >= 11 is 1.15. The Bertz CT molecular complexity index is 1520. The van der Waals surface area contributed by atoms with Gasteiger partial charge in [0, 0.05) is 124 Å². The van der Waals surface area contributed by atoms with Gasteiger partial charge in [-0.25, -0.2) is 9.59 Å². The monoisotopic (exact) mass is 1150 g/mol. The molecular formula is C33H43Ac2NO13S. The fraction of sp³-hybridized carbons (Fsp3) is 0.636. The van der Waals surface area contributed by atoms with Crippen molar-refractivity contribution in [2.75, 3.05) is 13.2 Å². The number of alkyl carbamates (subject to hydrolysis) is 1. The molecule has 3 fully saturated rings. The molecule has 1 aromatic rings. The number of hydrogen-bond donors (Lipinski definition) is 6. The standard InChI is InChI=1S/C33H43NO13S.2Ac/c1-7-10-44-29(41)34-22(18-9-8-11-48-18)24(38)28(40)47-17-13-33(43)27(46-16(3)35)25-31(6,19(36)12-20-32(25,42)14-45-20)26(39)23(37)21(15(17)2)30(33,4)5;;/h7-9,11,17,19-20,22-25,27,36-38,42-43H,1,10,12-14H2,2-6H3,(H,34,41);;/t17-,19-,20+,22-,23+,24+,25-,27-,31+,32-,33+;;/m0../s1. The molecule has 3 aliphatic carbocycles. The van der Waals surface area contributed by atoms with E-state index in [4.69, 9.17) is 18.9 Å². The molecule has 1 amide bonds. The summed E-state index contributed by atoms with van der Waals surface area (Å²) in [5.74, 6) is -4.41. The van der Waals surface area contributed by atoms with Crippen molar-refractivity contribution >= 4 is 35.2 Å².